The van der Waals surface area contributed by atoms with Crippen LogP contribution >= 0.6 is 11.3 Å². The van der Waals surface area contributed by atoms with Gasteiger partial charge in [0.1, 0.15) is 0 Å². The number of thiazole rings is 1. The number of ether oxygens (including phenoxy) is 1. The van der Waals surface area contributed by atoms with Crippen LogP contribution in [0.15, 0.2) is 11.6 Å². The quantitative estimate of drug-likeness (QED) is 0.786. The molecule has 0 unspecified atom stereocenters. The smallest absolute Gasteiger partial charge is 0.311 e. The predicted molar refractivity (Wildman–Crippen MR) is 67.5 cm³/mol. The van der Waals surface area contributed by atoms with Gasteiger partial charge in [-0.25, -0.2) is 4.98 Å². The van der Waals surface area contributed by atoms with Crippen molar-refractivity contribution in [3.05, 3.63) is 23.0 Å². The summed E-state index contributed by atoms with van der Waals surface area (Å²) in [6.07, 6.45) is 2.19. The highest BCUT2D eigenvalue weighted by atomic mass is 32.1. The fraction of sp³-hybridized carbons (Fsp3) is 0.500. The molecule has 0 aliphatic heterocycles. The van der Waals surface area contributed by atoms with Crippen molar-refractivity contribution in [3.8, 4) is 0 Å². The Morgan fingerprint density at radius 1 is 1.59 bits per heavy atom. The number of imidazole rings is 1. The van der Waals surface area contributed by atoms with E-state index in [0.29, 0.717) is 18.9 Å². The molecule has 2 rings (SSSR count). The second kappa shape index (κ2) is 4.87. The van der Waals surface area contributed by atoms with Gasteiger partial charge in [-0.3, -0.25) is 9.20 Å². The van der Waals surface area contributed by atoms with E-state index in [-0.39, 0.29) is 5.97 Å². The first-order chi connectivity index (χ1) is 8.13. The first-order valence-electron chi connectivity index (χ1n) is 5.72. The van der Waals surface area contributed by atoms with Gasteiger partial charge in [-0.15, -0.1) is 11.3 Å². The van der Waals surface area contributed by atoms with E-state index in [4.69, 9.17) is 4.74 Å². The van der Waals surface area contributed by atoms with Gasteiger partial charge in [0, 0.05) is 16.8 Å². The molecule has 2 aromatic heterocycles. The topological polar surface area (TPSA) is 43.6 Å². The molecule has 0 fully saturated rings. The monoisotopic (exact) mass is 252 g/mol. The first-order valence-corrected chi connectivity index (χ1v) is 6.60. The molecular formula is C12H16N2O2S. The summed E-state index contributed by atoms with van der Waals surface area (Å²) < 4.78 is 7.03. The van der Waals surface area contributed by atoms with Crippen molar-refractivity contribution in [1.29, 1.82) is 0 Å². The van der Waals surface area contributed by atoms with Crippen LogP contribution < -0.4 is 0 Å². The number of carbonyl (C=O) groups excluding carboxylic acids is 1. The van der Waals surface area contributed by atoms with Gasteiger partial charge in [-0.1, -0.05) is 13.8 Å². The lowest BCUT2D eigenvalue weighted by atomic mass is 10.1. The van der Waals surface area contributed by atoms with Gasteiger partial charge in [-0.2, -0.15) is 0 Å². The molecule has 0 radical (unpaired) electrons. The van der Waals surface area contributed by atoms with Crippen LogP contribution in [-0.2, 0) is 16.0 Å². The van der Waals surface area contributed by atoms with E-state index in [0.717, 1.165) is 16.3 Å². The van der Waals surface area contributed by atoms with Crippen molar-refractivity contribution in [2.45, 2.75) is 33.1 Å². The van der Waals surface area contributed by atoms with E-state index in [2.05, 4.69) is 23.2 Å². The lowest BCUT2D eigenvalue weighted by molar-refractivity contribution is -0.142. The maximum absolute atomic E-state index is 11.5. The molecule has 0 saturated heterocycles. The number of hydrogen-bond donors (Lipinski definition) is 0. The maximum Gasteiger partial charge on any atom is 0.311 e. The zero-order valence-corrected chi connectivity index (χ0v) is 11.1. The Morgan fingerprint density at radius 2 is 2.35 bits per heavy atom. The number of fused-ring (bicyclic) bond motifs is 1. The Hall–Kier alpha value is -1.36. The van der Waals surface area contributed by atoms with Crippen molar-refractivity contribution in [3.63, 3.8) is 0 Å². The van der Waals surface area contributed by atoms with Crippen molar-refractivity contribution in [2.24, 2.45) is 0 Å². The number of nitrogens with zero attached hydrogens (tertiary/aromatic N) is 2. The van der Waals surface area contributed by atoms with Crippen molar-refractivity contribution < 1.29 is 9.53 Å². The molecule has 0 amide bonds. The number of carbonyl (C=O) groups is 1. The third-order valence-corrected chi connectivity index (χ3v) is 3.46. The molecule has 17 heavy (non-hydrogen) atoms. The Balaban J connectivity index is 2.34. The summed E-state index contributed by atoms with van der Waals surface area (Å²) in [7, 11) is 0. The highest BCUT2D eigenvalue weighted by Crippen LogP contribution is 2.23. The Morgan fingerprint density at radius 3 is 3.00 bits per heavy atom. The highest BCUT2D eigenvalue weighted by Gasteiger charge is 2.15. The van der Waals surface area contributed by atoms with Crippen LogP contribution in [-0.4, -0.2) is 22.0 Å². The zero-order chi connectivity index (χ0) is 12.4. The van der Waals surface area contributed by atoms with Crippen molar-refractivity contribution >= 4 is 22.3 Å². The van der Waals surface area contributed by atoms with Crippen LogP contribution in [0.3, 0.4) is 0 Å². The fourth-order valence-corrected chi connectivity index (χ4v) is 2.65. The molecule has 5 heteroatoms. The van der Waals surface area contributed by atoms with Gasteiger partial charge in [0.15, 0.2) is 4.96 Å². The van der Waals surface area contributed by atoms with Gasteiger partial charge >= 0.3 is 5.97 Å². The third kappa shape index (κ3) is 2.34. The molecule has 4 nitrogen and oxygen atoms in total. The summed E-state index contributed by atoms with van der Waals surface area (Å²) in [5.41, 5.74) is 2.10. The summed E-state index contributed by atoms with van der Waals surface area (Å²) in [4.78, 5) is 16.8. The molecule has 0 aromatic carbocycles. The van der Waals surface area contributed by atoms with Gasteiger partial charge in [0.2, 0.25) is 0 Å². The second-order valence-corrected chi connectivity index (χ2v) is 5.00. The average molecular weight is 252 g/mol. The Bertz CT molecular complexity index is 528. The van der Waals surface area contributed by atoms with E-state index in [9.17, 15) is 4.79 Å². The van der Waals surface area contributed by atoms with E-state index in [1.54, 1.807) is 11.3 Å². The van der Waals surface area contributed by atoms with Crippen molar-refractivity contribution in [1.82, 2.24) is 9.38 Å². The molecule has 0 saturated carbocycles. The normalized spacial score (nSPS) is 11.3. The first kappa shape index (κ1) is 12.1. The molecule has 0 bridgehead atoms. The Kier molecular flexibility index (Phi) is 3.47. The molecule has 2 heterocycles. The maximum atomic E-state index is 11.5. The van der Waals surface area contributed by atoms with Gasteiger partial charge in [0.05, 0.1) is 19.2 Å². The Labute approximate surface area is 104 Å². The molecule has 92 valence electrons. The van der Waals surface area contributed by atoms with Crippen LogP contribution in [0, 0.1) is 0 Å². The minimum atomic E-state index is -0.185. The van der Waals surface area contributed by atoms with E-state index < -0.39 is 0 Å². The predicted octanol–water partition coefficient (Wildman–Crippen LogP) is 2.62. The minimum absolute atomic E-state index is 0.185. The largest absolute Gasteiger partial charge is 0.466 e. The van der Waals surface area contributed by atoms with E-state index in [1.165, 1.54) is 0 Å². The van der Waals surface area contributed by atoms with Crippen LogP contribution in [0.2, 0.25) is 0 Å². The van der Waals surface area contributed by atoms with Crippen molar-refractivity contribution in [2.75, 3.05) is 6.61 Å². The summed E-state index contributed by atoms with van der Waals surface area (Å²) >= 11 is 1.56. The molecule has 0 N–H and O–H groups in total. The molecular weight excluding hydrogens is 236 g/mol. The summed E-state index contributed by atoms with van der Waals surface area (Å²) in [5.74, 6) is 0.205. The SMILES string of the molecule is CCOC(=O)Cc1csc2ncc(C(C)C)n12. The standard InChI is InChI=1S/C12H16N2O2S/c1-4-16-11(15)5-9-7-17-12-13-6-10(8(2)3)14(9)12/h6-8H,4-5H2,1-3H3. The lowest BCUT2D eigenvalue weighted by Gasteiger charge is -2.06. The molecule has 2 aromatic rings. The third-order valence-electron chi connectivity index (χ3n) is 2.57. The minimum Gasteiger partial charge on any atom is -0.466 e. The number of hydrogen-bond acceptors (Lipinski definition) is 4. The van der Waals surface area contributed by atoms with Gasteiger partial charge in [0.25, 0.3) is 0 Å². The molecule has 0 spiro atoms. The molecule has 0 aliphatic rings. The summed E-state index contributed by atoms with van der Waals surface area (Å²) in [6.45, 7) is 6.48. The van der Waals surface area contributed by atoms with Crippen LogP contribution in [0.5, 0.6) is 0 Å². The summed E-state index contributed by atoms with van der Waals surface area (Å²) in [5, 5.41) is 1.98. The van der Waals surface area contributed by atoms with Crippen LogP contribution in [0.1, 0.15) is 38.1 Å². The average Bonchev–Trinajstić information content (AvgIpc) is 2.81. The zero-order valence-electron chi connectivity index (χ0n) is 10.3. The summed E-state index contributed by atoms with van der Waals surface area (Å²) in [6, 6.07) is 0. The lowest BCUT2D eigenvalue weighted by Crippen LogP contribution is -2.10. The highest BCUT2D eigenvalue weighted by molar-refractivity contribution is 7.15. The second-order valence-electron chi connectivity index (χ2n) is 4.16. The van der Waals surface area contributed by atoms with Crippen LogP contribution in [0.25, 0.3) is 4.96 Å². The van der Waals surface area contributed by atoms with E-state index >= 15 is 0 Å². The molecule has 0 aliphatic carbocycles. The molecule has 0 atom stereocenters. The van der Waals surface area contributed by atoms with Gasteiger partial charge in [-0.05, 0) is 12.8 Å². The fourth-order valence-electron chi connectivity index (χ4n) is 1.78. The number of esters is 1. The van der Waals surface area contributed by atoms with Crippen LogP contribution in [0.4, 0.5) is 0 Å². The van der Waals surface area contributed by atoms with Gasteiger partial charge < -0.3 is 4.74 Å². The number of aromatic nitrogens is 2. The number of rotatable bonds is 4. The van der Waals surface area contributed by atoms with E-state index in [1.807, 2.05) is 18.5 Å².